The number of urea groups is 1. The lowest BCUT2D eigenvalue weighted by Crippen LogP contribution is -2.57. The zero-order valence-electron chi connectivity index (χ0n) is 20.5. The molecule has 2 aliphatic heterocycles. The van der Waals surface area contributed by atoms with Gasteiger partial charge in [-0.25, -0.2) is 18.2 Å². The van der Waals surface area contributed by atoms with Crippen LogP contribution < -0.4 is 16.0 Å². The van der Waals surface area contributed by atoms with E-state index in [9.17, 15) is 22.8 Å². The molecule has 3 N–H and O–H groups in total. The van der Waals surface area contributed by atoms with Crippen LogP contribution >= 0.6 is 0 Å². The standard InChI is InChI=1S/C24H36N6O5S/c31-21-17-30(36(34,35)22-9-3-4-10-26-22)13-5-8-19(21)27-23(32)20(16-18-6-1-2-7-18)28-24(33)29-14-11-25-12-15-29/h3-4,9-10,18-20,25H,1-2,5-8,11-17H2,(H,27,32)(H,28,33)/t19-,20-/m0/s1. The third kappa shape index (κ3) is 6.60. The lowest BCUT2D eigenvalue weighted by Gasteiger charge is -2.30. The summed E-state index contributed by atoms with van der Waals surface area (Å²) in [6, 6.07) is 2.81. The number of carbonyl (C=O) groups excluding carboxylic acids is 3. The average Bonchev–Trinajstić information content (AvgIpc) is 3.33. The van der Waals surface area contributed by atoms with E-state index in [0.717, 1.165) is 30.0 Å². The zero-order chi connectivity index (χ0) is 25.5. The highest BCUT2D eigenvalue weighted by Gasteiger charge is 2.35. The van der Waals surface area contributed by atoms with Crippen LogP contribution in [0.25, 0.3) is 0 Å². The van der Waals surface area contributed by atoms with E-state index in [0.29, 0.717) is 51.4 Å². The molecule has 11 nitrogen and oxygen atoms in total. The van der Waals surface area contributed by atoms with Crippen LogP contribution in [0.1, 0.15) is 44.9 Å². The van der Waals surface area contributed by atoms with E-state index in [4.69, 9.17) is 0 Å². The lowest BCUT2D eigenvalue weighted by atomic mass is 9.97. The molecule has 12 heteroatoms. The van der Waals surface area contributed by atoms with Crippen molar-refractivity contribution in [3.8, 4) is 0 Å². The Kier molecular flexibility index (Phi) is 8.91. The third-order valence-corrected chi connectivity index (χ3v) is 9.00. The second-order valence-electron chi connectivity index (χ2n) is 9.80. The van der Waals surface area contributed by atoms with Gasteiger partial charge in [-0.1, -0.05) is 31.7 Å². The molecule has 0 aromatic carbocycles. The number of aromatic nitrogens is 1. The van der Waals surface area contributed by atoms with E-state index < -0.39 is 22.1 Å². The Hall–Kier alpha value is -2.57. The summed E-state index contributed by atoms with van der Waals surface area (Å²) >= 11 is 0. The van der Waals surface area contributed by atoms with Gasteiger partial charge in [0.15, 0.2) is 10.8 Å². The maximum absolute atomic E-state index is 13.3. The number of nitrogens with zero attached hydrogens (tertiary/aromatic N) is 3. The quantitative estimate of drug-likeness (QED) is 0.475. The molecule has 1 aromatic rings. The first kappa shape index (κ1) is 26.5. The Labute approximate surface area is 212 Å². The smallest absolute Gasteiger partial charge is 0.318 e. The van der Waals surface area contributed by atoms with Crippen LogP contribution in [0.15, 0.2) is 29.4 Å². The van der Waals surface area contributed by atoms with Crippen LogP contribution in [-0.4, -0.2) is 91.7 Å². The van der Waals surface area contributed by atoms with Gasteiger partial charge in [0.2, 0.25) is 5.91 Å². The molecule has 1 aliphatic carbocycles. The molecule has 3 aliphatic rings. The second-order valence-corrected chi connectivity index (χ2v) is 11.7. The minimum absolute atomic E-state index is 0.104. The molecule has 3 amide bonds. The summed E-state index contributed by atoms with van der Waals surface area (Å²) in [5.74, 6) is -0.397. The van der Waals surface area contributed by atoms with Crippen molar-refractivity contribution in [1.82, 2.24) is 30.1 Å². The minimum Gasteiger partial charge on any atom is -0.344 e. The van der Waals surface area contributed by atoms with E-state index in [1.807, 2.05) is 0 Å². The summed E-state index contributed by atoms with van der Waals surface area (Å²) in [4.78, 5) is 44.8. The molecule has 2 saturated heterocycles. The molecule has 4 rings (SSSR count). The van der Waals surface area contributed by atoms with Crippen LogP contribution in [0.5, 0.6) is 0 Å². The number of hydrogen-bond acceptors (Lipinski definition) is 7. The minimum atomic E-state index is -3.91. The van der Waals surface area contributed by atoms with Gasteiger partial charge in [0.1, 0.15) is 6.04 Å². The van der Waals surface area contributed by atoms with Crippen molar-refractivity contribution in [2.24, 2.45) is 5.92 Å². The highest BCUT2D eigenvalue weighted by atomic mass is 32.2. The predicted molar refractivity (Wildman–Crippen MR) is 133 cm³/mol. The monoisotopic (exact) mass is 520 g/mol. The molecule has 0 radical (unpaired) electrons. The van der Waals surface area contributed by atoms with Gasteiger partial charge in [0.05, 0.1) is 12.6 Å². The maximum Gasteiger partial charge on any atom is 0.318 e. The van der Waals surface area contributed by atoms with E-state index in [1.54, 1.807) is 17.0 Å². The number of ketones is 1. The fraction of sp³-hybridized carbons (Fsp3) is 0.667. The molecule has 0 spiro atoms. The number of rotatable bonds is 7. The van der Waals surface area contributed by atoms with Gasteiger partial charge in [-0.05, 0) is 37.3 Å². The molecule has 2 atom stereocenters. The first-order chi connectivity index (χ1) is 17.3. The molecule has 3 fully saturated rings. The Morgan fingerprint density at radius 3 is 2.53 bits per heavy atom. The average molecular weight is 521 g/mol. The number of amides is 3. The number of hydrogen-bond donors (Lipinski definition) is 3. The SMILES string of the molecule is O=C1CN(S(=O)(=O)c2ccccn2)CCC[C@@H]1NC(=O)[C@H](CC1CCCC1)NC(=O)N1CCNCC1. The first-order valence-electron chi connectivity index (χ1n) is 12.8. The lowest BCUT2D eigenvalue weighted by molar-refractivity contribution is -0.129. The van der Waals surface area contributed by atoms with Crippen LogP contribution in [-0.2, 0) is 19.6 Å². The highest BCUT2D eigenvalue weighted by Crippen LogP contribution is 2.29. The summed E-state index contributed by atoms with van der Waals surface area (Å²) < 4.78 is 27.0. The third-order valence-electron chi connectivity index (χ3n) is 7.24. The van der Waals surface area contributed by atoms with Crippen molar-refractivity contribution >= 4 is 27.7 Å². The molecular weight excluding hydrogens is 484 g/mol. The maximum atomic E-state index is 13.3. The number of carbonyl (C=O) groups is 3. The van der Waals surface area contributed by atoms with E-state index in [-0.39, 0.29) is 35.8 Å². The van der Waals surface area contributed by atoms with Crippen molar-refractivity contribution in [1.29, 1.82) is 0 Å². The van der Waals surface area contributed by atoms with Gasteiger partial charge in [-0.15, -0.1) is 0 Å². The second kappa shape index (κ2) is 12.1. The van der Waals surface area contributed by atoms with Crippen LogP contribution in [0.2, 0.25) is 0 Å². The van der Waals surface area contributed by atoms with Gasteiger partial charge in [-0.3, -0.25) is 9.59 Å². The van der Waals surface area contributed by atoms with Gasteiger partial charge < -0.3 is 20.9 Å². The van der Waals surface area contributed by atoms with Crippen LogP contribution in [0.3, 0.4) is 0 Å². The van der Waals surface area contributed by atoms with Crippen LogP contribution in [0, 0.1) is 5.92 Å². The zero-order valence-corrected chi connectivity index (χ0v) is 21.3. The van der Waals surface area contributed by atoms with Gasteiger partial charge in [0, 0.05) is 38.9 Å². The van der Waals surface area contributed by atoms with Gasteiger partial charge in [0.25, 0.3) is 10.0 Å². The molecule has 36 heavy (non-hydrogen) atoms. The van der Waals surface area contributed by atoms with Gasteiger partial charge >= 0.3 is 6.03 Å². The first-order valence-corrected chi connectivity index (χ1v) is 14.3. The molecule has 0 bridgehead atoms. The number of pyridine rings is 1. The van der Waals surface area contributed by atoms with Crippen molar-refractivity contribution < 1.29 is 22.8 Å². The molecule has 198 valence electrons. The Morgan fingerprint density at radius 2 is 1.83 bits per heavy atom. The molecule has 0 unspecified atom stereocenters. The molecule has 1 aromatic heterocycles. The fourth-order valence-electron chi connectivity index (χ4n) is 5.18. The number of sulfonamides is 1. The summed E-state index contributed by atoms with van der Waals surface area (Å²) in [6.45, 7) is 2.41. The predicted octanol–water partition coefficient (Wildman–Crippen LogP) is 0.484. The van der Waals surface area contributed by atoms with Crippen molar-refractivity contribution in [2.75, 3.05) is 39.3 Å². The number of piperazine rings is 1. The topological polar surface area (TPSA) is 141 Å². The summed E-state index contributed by atoms with van der Waals surface area (Å²) in [5, 5.41) is 8.84. The van der Waals surface area contributed by atoms with E-state index in [1.165, 1.54) is 12.3 Å². The van der Waals surface area contributed by atoms with Crippen LogP contribution in [0.4, 0.5) is 4.79 Å². The summed E-state index contributed by atoms with van der Waals surface area (Å²) in [6.07, 6.45) is 6.97. The van der Waals surface area contributed by atoms with Gasteiger partial charge in [-0.2, -0.15) is 4.31 Å². The fourth-order valence-corrected chi connectivity index (χ4v) is 6.55. The Balaban J connectivity index is 1.41. The summed E-state index contributed by atoms with van der Waals surface area (Å²) in [5.41, 5.74) is 0. The van der Waals surface area contributed by atoms with Crippen molar-refractivity contribution in [2.45, 2.75) is 62.1 Å². The Bertz CT molecular complexity index is 1020. The highest BCUT2D eigenvalue weighted by molar-refractivity contribution is 7.89. The Morgan fingerprint density at radius 1 is 1.08 bits per heavy atom. The number of nitrogens with one attached hydrogen (secondary N) is 3. The van der Waals surface area contributed by atoms with Crippen molar-refractivity contribution in [3.05, 3.63) is 24.4 Å². The van der Waals surface area contributed by atoms with E-state index in [2.05, 4.69) is 20.9 Å². The number of Topliss-reactive ketones (excluding diaryl/α,β-unsaturated/α-hetero) is 1. The molecule has 3 heterocycles. The van der Waals surface area contributed by atoms with Crippen molar-refractivity contribution in [3.63, 3.8) is 0 Å². The molecule has 1 saturated carbocycles. The molecular formula is C24H36N6O5S. The van der Waals surface area contributed by atoms with E-state index >= 15 is 0 Å². The largest absolute Gasteiger partial charge is 0.344 e. The normalized spacial score (nSPS) is 23.2. The summed E-state index contributed by atoms with van der Waals surface area (Å²) in [7, 11) is -3.91.